The molecule has 1 saturated heterocycles. The minimum atomic E-state index is -0.531. The maximum Gasteiger partial charge on any atom is 0.227 e. The van der Waals surface area contributed by atoms with Gasteiger partial charge in [-0.05, 0) is 61.2 Å². The highest BCUT2D eigenvalue weighted by Gasteiger charge is 2.17. The van der Waals surface area contributed by atoms with E-state index in [2.05, 4.69) is 39.4 Å². The lowest BCUT2D eigenvalue weighted by molar-refractivity contribution is -0.116. The van der Waals surface area contributed by atoms with Gasteiger partial charge in [-0.3, -0.25) is 4.79 Å². The lowest BCUT2D eigenvalue weighted by Gasteiger charge is -2.32. The quantitative estimate of drug-likeness (QED) is 0.558. The van der Waals surface area contributed by atoms with Crippen LogP contribution in [0.15, 0.2) is 47.0 Å². The summed E-state index contributed by atoms with van der Waals surface area (Å²) in [5.74, 6) is 0.902. The fourth-order valence-corrected chi connectivity index (χ4v) is 3.76. The first-order valence-corrected chi connectivity index (χ1v) is 10.8. The Morgan fingerprint density at radius 1 is 1.23 bits per heavy atom. The van der Waals surface area contributed by atoms with E-state index in [4.69, 9.17) is 16.1 Å². The number of nitrogens with zero attached hydrogens (tertiary/aromatic N) is 3. The van der Waals surface area contributed by atoms with Crippen LogP contribution in [0.1, 0.15) is 32.1 Å². The molecule has 8 heteroatoms. The standard InChI is InChI=1S/C23H24ClFN4O2/c1-15-10-12-29(13-11-15)18-5-2-16(3-6-18)23-27-22(31-28-23)9-8-21(30)26-17-4-7-20(25)19(24)14-17/h2-7,14-15H,8-13H2,1H3,(H,26,30). The van der Waals surface area contributed by atoms with E-state index in [1.807, 2.05) is 12.1 Å². The number of benzene rings is 2. The van der Waals surface area contributed by atoms with Gasteiger partial charge in [0, 0.05) is 42.9 Å². The average Bonchev–Trinajstić information content (AvgIpc) is 3.25. The number of piperidine rings is 1. The van der Waals surface area contributed by atoms with Gasteiger partial charge in [-0.1, -0.05) is 23.7 Å². The van der Waals surface area contributed by atoms with Crippen molar-refractivity contribution in [1.29, 1.82) is 0 Å². The van der Waals surface area contributed by atoms with E-state index in [0.29, 0.717) is 23.8 Å². The van der Waals surface area contributed by atoms with Crippen molar-refractivity contribution in [3.63, 3.8) is 0 Å². The zero-order chi connectivity index (χ0) is 21.8. The zero-order valence-corrected chi connectivity index (χ0v) is 18.0. The maximum atomic E-state index is 13.2. The molecule has 4 rings (SSSR count). The van der Waals surface area contributed by atoms with Gasteiger partial charge < -0.3 is 14.7 Å². The largest absolute Gasteiger partial charge is 0.372 e. The first kappa shape index (κ1) is 21.3. The van der Waals surface area contributed by atoms with Crippen LogP contribution in [-0.4, -0.2) is 29.1 Å². The number of aromatic nitrogens is 2. The summed E-state index contributed by atoms with van der Waals surface area (Å²) in [6, 6.07) is 12.2. The number of nitrogens with one attached hydrogen (secondary N) is 1. The highest BCUT2D eigenvalue weighted by molar-refractivity contribution is 6.31. The minimum Gasteiger partial charge on any atom is -0.372 e. The predicted octanol–water partition coefficient (Wildman–Crippen LogP) is 5.34. The Kier molecular flexibility index (Phi) is 6.51. The Morgan fingerprint density at radius 2 is 1.97 bits per heavy atom. The fourth-order valence-electron chi connectivity index (χ4n) is 3.58. The molecule has 1 aliphatic heterocycles. The van der Waals surface area contributed by atoms with Crippen LogP contribution in [0.25, 0.3) is 11.4 Å². The molecule has 0 radical (unpaired) electrons. The molecule has 0 atom stereocenters. The molecule has 1 fully saturated rings. The summed E-state index contributed by atoms with van der Waals surface area (Å²) < 4.78 is 18.5. The lowest BCUT2D eigenvalue weighted by atomic mass is 9.98. The Balaban J connectivity index is 1.31. The zero-order valence-electron chi connectivity index (χ0n) is 17.3. The van der Waals surface area contributed by atoms with Crippen LogP contribution in [0, 0.1) is 11.7 Å². The Morgan fingerprint density at radius 3 is 2.68 bits per heavy atom. The van der Waals surface area contributed by atoms with Crippen LogP contribution in [0.5, 0.6) is 0 Å². The number of amides is 1. The molecule has 2 heterocycles. The van der Waals surface area contributed by atoms with E-state index in [1.54, 1.807) is 0 Å². The molecule has 1 aliphatic rings. The van der Waals surface area contributed by atoms with Crippen molar-refractivity contribution in [2.45, 2.75) is 32.6 Å². The molecule has 6 nitrogen and oxygen atoms in total. The molecule has 1 N–H and O–H groups in total. The molecule has 1 aromatic heterocycles. The smallest absolute Gasteiger partial charge is 0.227 e. The normalized spacial score (nSPS) is 14.6. The van der Waals surface area contributed by atoms with Gasteiger partial charge in [0.2, 0.25) is 17.6 Å². The number of aryl methyl sites for hydroxylation is 1. The fraction of sp³-hybridized carbons (Fsp3) is 0.348. The van der Waals surface area contributed by atoms with Gasteiger partial charge >= 0.3 is 0 Å². The minimum absolute atomic E-state index is 0.0415. The highest BCUT2D eigenvalue weighted by atomic mass is 35.5. The number of hydrogen-bond acceptors (Lipinski definition) is 5. The van der Waals surface area contributed by atoms with Crippen molar-refractivity contribution in [2.75, 3.05) is 23.3 Å². The third-order valence-corrected chi connectivity index (χ3v) is 5.80. The molecule has 0 saturated carbocycles. The average molecular weight is 443 g/mol. The van der Waals surface area contributed by atoms with Crippen LogP contribution in [-0.2, 0) is 11.2 Å². The molecule has 3 aromatic rings. The number of hydrogen-bond donors (Lipinski definition) is 1. The van der Waals surface area contributed by atoms with Crippen molar-refractivity contribution < 1.29 is 13.7 Å². The number of carbonyl (C=O) groups excluding carboxylic acids is 1. The monoisotopic (exact) mass is 442 g/mol. The van der Waals surface area contributed by atoms with E-state index in [0.717, 1.165) is 24.6 Å². The van der Waals surface area contributed by atoms with Crippen LogP contribution in [0.3, 0.4) is 0 Å². The predicted molar refractivity (Wildman–Crippen MR) is 119 cm³/mol. The van der Waals surface area contributed by atoms with Crippen molar-refractivity contribution in [1.82, 2.24) is 10.1 Å². The van der Waals surface area contributed by atoms with E-state index in [1.165, 1.54) is 36.7 Å². The Bertz CT molecular complexity index is 1050. The van der Waals surface area contributed by atoms with Gasteiger partial charge in [-0.2, -0.15) is 4.98 Å². The number of rotatable bonds is 6. The van der Waals surface area contributed by atoms with Gasteiger partial charge in [0.05, 0.1) is 5.02 Å². The van der Waals surface area contributed by atoms with E-state index in [-0.39, 0.29) is 17.4 Å². The molecular formula is C23H24ClFN4O2. The molecular weight excluding hydrogens is 419 g/mol. The summed E-state index contributed by atoms with van der Waals surface area (Å²) >= 11 is 5.73. The molecule has 31 heavy (non-hydrogen) atoms. The van der Waals surface area contributed by atoms with Crippen LogP contribution < -0.4 is 10.2 Å². The van der Waals surface area contributed by atoms with Crippen molar-refractivity contribution in [3.05, 3.63) is 59.2 Å². The number of halogens is 2. The summed E-state index contributed by atoms with van der Waals surface area (Å²) in [5, 5.41) is 6.66. The molecule has 0 unspecified atom stereocenters. The Labute approximate surface area is 185 Å². The van der Waals surface area contributed by atoms with Crippen molar-refractivity contribution in [2.24, 2.45) is 5.92 Å². The first-order valence-electron chi connectivity index (χ1n) is 10.4. The number of carbonyl (C=O) groups is 1. The van der Waals surface area contributed by atoms with Gasteiger partial charge in [-0.25, -0.2) is 4.39 Å². The molecule has 2 aromatic carbocycles. The van der Waals surface area contributed by atoms with Gasteiger partial charge in [0.15, 0.2) is 0 Å². The summed E-state index contributed by atoms with van der Waals surface area (Å²) in [6.45, 7) is 4.47. The molecule has 0 spiro atoms. The molecule has 0 aliphatic carbocycles. The van der Waals surface area contributed by atoms with Crippen molar-refractivity contribution >= 4 is 28.9 Å². The number of anilines is 2. The topological polar surface area (TPSA) is 71.3 Å². The SMILES string of the molecule is CC1CCN(c2ccc(-c3noc(CCC(=O)Nc4ccc(F)c(Cl)c4)n3)cc2)CC1. The summed E-state index contributed by atoms with van der Waals surface area (Å²) in [6.07, 6.45) is 2.90. The Hall–Kier alpha value is -2.93. The second kappa shape index (κ2) is 9.47. The summed E-state index contributed by atoms with van der Waals surface area (Å²) in [7, 11) is 0. The molecule has 0 bridgehead atoms. The van der Waals surface area contributed by atoms with E-state index in [9.17, 15) is 9.18 Å². The highest BCUT2D eigenvalue weighted by Crippen LogP contribution is 2.26. The summed E-state index contributed by atoms with van der Waals surface area (Å²) in [4.78, 5) is 18.9. The third-order valence-electron chi connectivity index (χ3n) is 5.51. The summed E-state index contributed by atoms with van der Waals surface area (Å²) in [5.41, 5.74) is 2.51. The molecule has 162 valence electrons. The van der Waals surface area contributed by atoms with Gasteiger partial charge in [-0.15, -0.1) is 0 Å². The third kappa shape index (κ3) is 5.41. The second-order valence-corrected chi connectivity index (χ2v) is 8.31. The van der Waals surface area contributed by atoms with Gasteiger partial charge in [0.25, 0.3) is 0 Å². The van der Waals surface area contributed by atoms with Crippen molar-refractivity contribution in [3.8, 4) is 11.4 Å². The second-order valence-electron chi connectivity index (χ2n) is 7.91. The van der Waals surface area contributed by atoms with E-state index < -0.39 is 5.82 Å². The maximum absolute atomic E-state index is 13.2. The van der Waals surface area contributed by atoms with E-state index >= 15 is 0 Å². The van der Waals surface area contributed by atoms with Gasteiger partial charge in [0.1, 0.15) is 5.82 Å². The van der Waals surface area contributed by atoms with Crippen LogP contribution in [0.2, 0.25) is 5.02 Å². The lowest BCUT2D eigenvalue weighted by Crippen LogP contribution is -2.32. The molecule has 1 amide bonds. The van der Waals surface area contributed by atoms with Crippen LogP contribution in [0.4, 0.5) is 15.8 Å². The van der Waals surface area contributed by atoms with Crippen LogP contribution >= 0.6 is 11.6 Å². The first-order chi connectivity index (χ1) is 15.0.